The average Bonchev–Trinajstić information content (AvgIpc) is 2.80. The van der Waals surface area contributed by atoms with Gasteiger partial charge in [0.1, 0.15) is 0 Å². The van der Waals surface area contributed by atoms with E-state index in [4.69, 9.17) is 18.0 Å². The molecule has 106 valence electrons. The smallest absolute Gasteiger partial charge is 0.163 e. The molecule has 19 heavy (non-hydrogen) atoms. The average molecular weight is 280 g/mol. The van der Waals surface area contributed by atoms with Gasteiger partial charge in [0.25, 0.3) is 0 Å². The fourth-order valence-electron chi connectivity index (χ4n) is 2.94. The summed E-state index contributed by atoms with van der Waals surface area (Å²) in [6, 6.07) is 1.06. The number of hydrogen-bond acceptors (Lipinski definition) is 2. The van der Waals surface area contributed by atoms with Crippen LogP contribution in [0.3, 0.4) is 0 Å². The van der Waals surface area contributed by atoms with Crippen LogP contribution >= 0.6 is 12.2 Å². The Labute approximate surface area is 120 Å². The molecule has 1 aliphatic rings. The van der Waals surface area contributed by atoms with Gasteiger partial charge in [0.2, 0.25) is 0 Å². The molecule has 0 saturated heterocycles. The molecule has 1 heterocycles. The molecule has 0 aromatic carbocycles. The second-order valence-electron chi connectivity index (χ2n) is 5.54. The maximum absolute atomic E-state index is 5.58. The number of rotatable bonds is 2. The quantitative estimate of drug-likeness (QED) is 0.818. The van der Waals surface area contributed by atoms with Gasteiger partial charge in [-0.3, -0.25) is 0 Å². The highest BCUT2D eigenvalue weighted by Crippen LogP contribution is 2.26. The molecule has 1 aromatic rings. The molecule has 0 amide bonds. The van der Waals surface area contributed by atoms with Crippen LogP contribution in [0.2, 0.25) is 0 Å². The van der Waals surface area contributed by atoms with Gasteiger partial charge in [-0.25, -0.2) is 4.98 Å². The number of nitrogens with zero attached hydrogens (tertiary/aromatic N) is 2. The Kier molecular flexibility index (Phi) is 5.19. The first kappa shape index (κ1) is 14.3. The van der Waals surface area contributed by atoms with Gasteiger partial charge < -0.3 is 15.6 Å². The molecule has 1 aliphatic carbocycles. The summed E-state index contributed by atoms with van der Waals surface area (Å²) in [5.41, 5.74) is 6.69. The molecule has 0 bridgehead atoms. The molecule has 2 unspecified atom stereocenters. The molecule has 0 aliphatic heterocycles. The zero-order valence-electron chi connectivity index (χ0n) is 11.6. The van der Waals surface area contributed by atoms with E-state index < -0.39 is 0 Å². The third-order valence-electron chi connectivity index (χ3n) is 3.93. The van der Waals surface area contributed by atoms with Crippen molar-refractivity contribution in [3.8, 4) is 0 Å². The van der Waals surface area contributed by atoms with Crippen LogP contribution in [0.25, 0.3) is 0 Å². The highest BCUT2D eigenvalue weighted by molar-refractivity contribution is 7.80. The Morgan fingerprint density at radius 3 is 2.68 bits per heavy atom. The molecule has 0 radical (unpaired) electrons. The highest BCUT2D eigenvalue weighted by atomic mass is 32.1. The van der Waals surface area contributed by atoms with E-state index in [2.05, 4.69) is 21.1 Å². The fourth-order valence-corrected chi connectivity index (χ4v) is 3.11. The Morgan fingerprint density at radius 1 is 1.32 bits per heavy atom. The maximum atomic E-state index is 5.58. The van der Waals surface area contributed by atoms with E-state index in [0.717, 1.165) is 12.1 Å². The lowest BCUT2D eigenvalue weighted by Gasteiger charge is -2.18. The summed E-state index contributed by atoms with van der Waals surface area (Å²) in [5.74, 6) is 0. The van der Waals surface area contributed by atoms with E-state index in [9.17, 15) is 0 Å². The highest BCUT2D eigenvalue weighted by Gasteiger charge is 2.16. The van der Waals surface area contributed by atoms with Crippen LogP contribution in [-0.2, 0) is 0 Å². The summed E-state index contributed by atoms with van der Waals surface area (Å²) >= 11 is 4.95. The van der Waals surface area contributed by atoms with Crippen molar-refractivity contribution in [1.82, 2.24) is 14.9 Å². The lowest BCUT2D eigenvalue weighted by molar-refractivity contribution is 0.413. The molecule has 2 atom stereocenters. The maximum Gasteiger partial charge on any atom is 0.163 e. The Morgan fingerprint density at radius 2 is 2.00 bits per heavy atom. The number of hydrogen-bond donors (Lipinski definition) is 2. The van der Waals surface area contributed by atoms with Gasteiger partial charge in [0, 0.05) is 18.3 Å². The summed E-state index contributed by atoms with van der Waals surface area (Å²) < 4.78 is 2.29. The molecule has 3 N–H and O–H groups in total. The SMILES string of the molecule is Cc1cn(C2CCCCC(NC(N)=S)CCC2)cn1. The summed E-state index contributed by atoms with van der Waals surface area (Å²) in [4.78, 5) is 4.34. The monoisotopic (exact) mass is 280 g/mol. The molecule has 1 saturated carbocycles. The number of aryl methyl sites for hydroxylation is 1. The Hall–Kier alpha value is -1.10. The van der Waals surface area contributed by atoms with Gasteiger partial charge in [-0.1, -0.05) is 12.8 Å². The van der Waals surface area contributed by atoms with E-state index in [1.807, 2.05) is 13.3 Å². The van der Waals surface area contributed by atoms with Crippen LogP contribution < -0.4 is 11.1 Å². The minimum absolute atomic E-state index is 0.436. The molecular formula is C14H24N4S. The van der Waals surface area contributed by atoms with Crippen molar-refractivity contribution < 1.29 is 0 Å². The number of nitrogens with one attached hydrogen (secondary N) is 1. The van der Waals surface area contributed by atoms with E-state index in [1.54, 1.807) is 0 Å². The van der Waals surface area contributed by atoms with E-state index in [0.29, 0.717) is 17.2 Å². The minimum Gasteiger partial charge on any atom is -0.376 e. The van der Waals surface area contributed by atoms with Gasteiger partial charge in [-0.15, -0.1) is 0 Å². The first-order valence-corrected chi connectivity index (χ1v) is 7.62. The topological polar surface area (TPSA) is 55.9 Å². The predicted octanol–water partition coefficient (Wildman–Crippen LogP) is 2.68. The van der Waals surface area contributed by atoms with Crippen LogP contribution in [0.5, 0.6) is 0 Å². The molecule has 5 heteroatoms. The number of aromatic nitrogens is 2. The van der Waals surface area contributed by atoms with Gasteiger partial charge in [0.05, 0.1) is 12.0 Å². The second kappa shape index (κ2) is 6.89. The van der Waals surface area contributed by atoms with Crippen molar-refractivity contribution in [3.05, 3.63) is 18.2 Å². The van der Waals surface area contributed by atoms with Crippen molar-refractivity contribution in [1.29, 1.82) is 0 Å². The summed E-state index contributed by atoms with van der Waals surface area (Å²) in [6.07, 6.45) is 12.6. The molecule has 0 spiro atoms. The van der Waals surface area contributed by atoms with Crippen LogP contribution in [0, 0.1) is 6.92 Å². The summed E-state index contributed by atoms with van der Waals surface area (Å²) in [6.45, 7) is 2.05. The number of imidazole rings is 1. The van der Waals surface area contributed by atoms with Gasteiger partial charge in [-0.2, -0.15) is 0 Å². The van der Waals surface area contributed by atoms with Crippen LogP contribution in [-0.4, -0.2) is 20.7 Å². The van der Waals surface area contributed by atoms with Crippen molar-refractivity contribution in [2.75, 3.05) is 0 Å². The second-order valence-corrected chi connectivity index (χ2v) is 5.98. The third kappa shape index (κ3) is 4.49. The van der Waals surface area contributed by atoms with Crippen LogP contribution in [0.4, 0.5) is 0 Å². The fraction of sp³-hybridized carbons (Fsp3) is 0.714. The molecule has 1 fully saturated rings. The van der Waals surface area contributed by atoms with E-state index >= 15 is 0 Å². The normalized spacial score (nSPS) is 25.1. The minimum atomic E-state index is 0.436. The summed E-state index contributed by atoms with van der Waals surface area (Å²) in [5, 5.41) is 3.66. The third-order valence-corrected chi connectivity index (χ3v) is 4.05. The lowest BCUT2D eigenvalue weighted by Crippen LogP contribution is -2.38. The van der Waals surface area contributed by atoms with Crippen molar-refractivity contribution in [2.24, 2.45) is 5.73 Å². The van der Waals surface area contributed by atoms with Gasteiger partial charge in [0.15, 0.2) is 5.11 Å². The zero-order valence-corrected chi connectivity index (χ0v) is 12.5. The Balaban J connectivity index is 1.91. The van der Waals surface area contributed by atoms with E-state index in [1.165, 1.54) is 38.5 Å². The first-order valence-electron chi connectivity index (χ1n) is 7.21. The van der Waals surface area contributed by atoms with Gasteiger partial charge >= 0.3 is 0 Å². The van der Waals surface area contributed by atoms with Crippen molar-refractivity contribution in [3.63, 3.8) is 0 Å². The first-order chi connectivity index (χ1) is 9.15. The predicted molar refractivity (Wildman–Crippen MR) is 82.0 cm³/mol. The van der Waals surface area contributed by atoms with Gasteiger partial charge in [-0.05, 0) is 51.2 Å². The molecular weight excluding hydrogens is 256 g/mol. The zero-order chi connectivity index (χ0) is 13.7. The number of nitrogens with two attached hydrogens (primary N) is 1. The van der Waals surface area contributed by atoms with E-state index in [-0.39, 0.29) is 0 Å². The Bertz CT molecular complexity index is 415. The molecule has 2 rings (SSSR count). The lowest BCUT2D eigenvalue weighted by atomic mass is 10.0. The van der Waals surface area contributed by atoms with Crippen molar-refractivity contribution >= 4 is 17.3 Å². The molecule has 1 aromatic heterocycles. The molecule has 4 nitrogen and oxygen atoms in total. The van der Waals surface area contributed by atoms with Crippen molar-refractivity contribution in [2.45, 2.75) is 64.0 Å². The largest absolute Gasteiger partial charge is 0.376 e. The number of thiocarbonyl (C=S) groups is 1. The van der Waals surface area contributed by atoms with Crippen LogP contribution in [0.15, 0.2) is 12.5 Å². The standard InChI is InChI=1S/C14H24N4S/c1-11-9-18(10-16-11)13-7-3-2-5-12(6-4-8-13)17-14(15)19/h9-10,12-13H,2-8H2,1H3,(H3,15,17,19). The van der Waals surface area contributed by atoms with Crippen LogP contribution in [0.1, 0.15) is 56.7 Å². The summed E-state index contributed by atoms with van der Waals surface area (Å²) in [7, 11) is 0.